The maximum Gasteiger partial charge on any atom is 0.407 e. The van der Waals surface area contributed by atoms with Crippen LogP contribution in [0.2, 0.25) is 0 Å². The molecular weight excluding hydrogens is 582 g/mol. The Kier molecular flexibility index (Phi) is 12.5. The average molecular weight is 638 g/mol. The number of nitrogens with zero attached hydrogens (tertiary/aromatic N) is 5. The van der Waals surface area contributed by atoms with E-state index in [2.05, 4.69) is 68.1 Å². The Morgan fingerprint density at radius 2 is 1.80 bits per heavy atom. The van der Waals surface area contributed by atoms with Crippen LogP contribution in [-0.2, 0) is 20.8 Å². The molecule has 2 unspecified atom stereocenters. The Morgan fingerprint density at radius 3 is 2.46 bits per heavy atom. The van der Waals surface area contributed by atoms with Gasteiger partial charge in [0, 0.05) is 62.8 Å². The quantitative estimate of drug-likeness (QED) is 0.281. The van der Waals surface area contributed by atoms with Gasteiger partial charge in [0.2, 0.25) is 11.9 Å². The number of aryl methyl sites for hydroxylation is 1. The third-order valence-electron chi connectivity index (χ3n) is 8.90. The molecule has 2 saturated heterocycles. The number of piperidine rings is 1. The van der Waals surface area contributed by atoms with Gasteiger partial charge in [0.1, 0.15) is 11.4 Å². The van der Waals surface area contributed by atoms with Crippen LogP contribution in [0.1, 0.15) is 84.4 Å². The van der Waals surface area contributed by atoms with E-state index in [0.29, 0.717) is 19.7 Å². The number of hydrogen-bond acceptors (Lipinski definition) is 9. The summed E-state index contributed by atoms with van der Waals surface area (Å²) in [4.78, 5) is 41.8. The molecule has 11 nitrogen and oxygen atoms in total. The molecule has 11 heteroatoms. The minimum absolute atomic E-state index is 0.0888. The predicted molar refractivity (Wildman–Crippen MR) is 183 cm³/mol. The van der Waals surface area contributed by atoms with Crippen molar-refractivity contribution in [3.05, 3.63) is 41.6 Å². The summed E-state index contributed by atoms with van der Waals surface area (Å²) in [6, 6.07) is 10.7. The molecular formula is C35H55N7O4. The van der Waals surface area contributed by atoms with Gasteiger partial charge in [0.25, 0.3) is 0 Å². The first kappa shape index (κ1) is 35.3. The summed E-state index contributed by atoms with van der Waals surface area (Å²) in [5.74, 6) is 1.39. The number of carbonyl (C=O) groups excluding carboxylic acids is 2. The Morgan fingerprint density at radius 1 is 1.09 bits per heavy atom. The zero-order valence-corrected chi connectivity index (χ0v) is 28.8. The van der Waals surface area contributed by atoms with Crippen molar-refractivity contribution in [1.29, 1.82) is 0 Å². The molecule has 2 amide bonds. The molecule has 1 aromatic heterocycles. The molecule has 2 aliphatic heterocycles. The van der Waals surface area contributed by atoms with Crippen LogP contribution in [0.15, 0.2) is 30.3 Å². The van der Waals surface area contributed by atoms with E-state index >= 15 is 0 Å². The second-order valence-corrected chi connectivity index (χ2v) is 13.8. The number of nitrogens with two attached hydrogens (primary N) is 1. The molecule has 0 saturated carbocycles. The van der Waals surface area contributed by atoms with Crippen LogP contribution in [0.25, 0.3) is 0 Å². The second kappa shape index (κ2) is 16.3. The molecule has 3 heterocycles. The number of aromatic nitrogens is 2. The highest BCUT2D eigenvalue weighted by Gasteiger charge is 2.31. The lowest BCUT2D eigenvalue weighted by molar-refractivity contribution is -0.139. The van der Waals surface area contributed by atoms with Gasteiger partial charge >= 0.3 is 6.09 Å². The highest BCUT2D eigenvalue weighted by molar-refractivity contribution is 5.77. The van der Waals surface area contributed by atoms with Crippen molar-refractivity contribution < 1.29 is 19.1 Å². The number of hydrogen-bond donors (Lipinski definition) is 2. The number of amides is 2. The van der Waals surface area contributed by atoms with E-state index in [1.807, 2.05) is 33.8 Å². The Hall–Kier alpha value is -3.60. The zero-order valence-electron chi connectivity index (χ0n) is 28.8. The Balaban J connectivity index is 1.46. The maximum atomic E-state index is 14.3. The average Bonchev–Trinajstić information content (AvgIpc) is 3.55. The lowest BCUT2D eigenvalue weighted by atomic mass is 9.96. The van der Waals surface area contributed by atoms with Crippen LogP contribution in [-0.4, -0.2) is 83.9 Å². The largest absolute Gasteiger partial charge is 0.444 e. The van der Waals surface area contributed by atoms with Crippen LogP contribution >= 0.6 is 0 Å². The third kappa shape index (κ3) is 10.5. The molecule has 2 aromatic rings. The molecule has 2 aliphatic rings. The summed E-state index contributed by atoms with van der Waals surface area (Å²) in [6.45, 7) is 16.5. The Bertz CT molecular complexity index is 1270. The van der Waals surface area contributed by atoms with Gasteiger partial charge in [-0.2, -0.15) is 4.98 Å². The van der Waals surface area contributed by atoms with Crippen molar-refractivity contribution in [3.8, 4) is 0 Å². The SMILES string of the molecule is CCC(C)C(CC(=O)N(Cc1cccc(N2CCCC2)c1)C1CCN(c2cc(C)nc(N)n2)CC1)OCCNC(=O)OC(C)(C)C. The number of nitrogen functional groups attached to an aromatic ring is 1. The first-order chi connectivity index (χ1) is 21.9. The fraction of sp³-hybridized carbons (Fsp3) is 0.657. The summed E-state index contributed by atoms with van der Waals surface area (Å²) >= 11 is 0. The molecule has 0 radical (unpaired) electrons. The van der Waals surface area contributed by atoms with Crippen molar-refractivity contribution >= 4 is 29.5 Å². The van der Waals surface area contributed by atoms with Gasteiger partial charge in [0.15, 0.2) is 0 Å². The van der Waals surface area contributed by atoms with E-state index in [-0.39, 0.29) is 36.3 Å². The summed E-state index contributed by atoms with van der Waals surface area (Å²) in [6.07, 6.45) is 4.53. The molecule has 3 N–H and O–H groups in total. The molecule has 0 bridgehead atoms. The van der Waals surface area contributed by atoms with Gasteiger partial charge in [-0.1, -0.05) is 32.4 Å². The number of benzene rings is 1. The molecule has 0 aliphatic carbocycles. The van der Waals surface area contributed by atoms with E-state index in [0.717, 1.165) is 62.5 Å². The number of rotatable bonds is 13. The van der Waals surface area contributed by atoms with Crippen LogP contribution in [0, 0.1) is 12.8 Å². The molecule has 4 rings (SSSR count). The third-order valence-corrected chi connectivity index (χ3v) is 8.90. The fourth-order valence-electron chi connectivity index (χ4n) is 6.24. The van der Waals surface area contributed by atoms with E-state index in [9.17, 15) is 9.59 Å². The van der Waals surface area contributed by atoms with Crippen LogP contribution < -0.4 is 20.9 Å². The monoisotopic (exact) mass is 637 g/mol. The van der Waals surface area contributed by atoms with Gasteiger partial charge in [0.05, 0.1) is 19.1 Å². The lowest BCUT2D eigenvalue weighted by Crippen LogP contribution is -2.48. The first-order valence-corrected chi connectivity index (χ1v) is 17.0. The van der Waals surface area contributed by atoms with Crippen molar-refractivity contribution in [3.63, 3.8) is 0 Å². The number of anilines is 3. The molecule has 2 atom stereocenters. The van der Waals surface area contributed by atoms with Crippen molar-refractivity contribution in [2.24, 2.45) is 5.92 Å². The van der Waals surface area contributed by atoms with Gasteiger partial charge in [-0.3, -0.25) is 4.79 Å². The summed E-state index contributed by atoms with van der Waals surface area (Å²) in [5, 5.41) is 2.76. The van der Waals surface area contributed by atoms with Gasteiger partial charge < -0.3 is 35.2 Å². The number of ether oxygens (including phenoxy) is 2. The number of alkyl carbamates (subject to hydrolysis) is 1. The van der Waals surface area contributed by atoms with Crippen LogP contribution in [0.4, 0.5) is 22.2 Å². The summed E-state index contributed by atoms with van der Waals surface area (Å²) in [5.41, 5.74) is 8.60. The van der Waals surface area contributed by atoms with E-state index in [4.69, 9.17) is 15.2 Å². The molecule has 0 spiro atoms. The smallest absolute Gasteiger partial charge is 0.407 e. The van der Waals surface area contributed by atoms with Crippen molar-refractivity contribution in [1.82, 2.24) is 20.2 Å². The van der Waals surface area contributed by atoms with E-state index in [1.54, 1.807) is 0 Å². The van der Waals surface area contributed by atoms with Crippen LogP contribution in [0.5, 0.6) is 0 Å². The molecule has 254 valence electrons. The molecule has 1 aromatic carbocycles. The predicted octanol–water partition coefficient (Wildman–Crippen LogP) is 5.31. The highest BCUT2D eigenvalue weighted by atomic mass is 16.6. The fourth-order valence-corrected chi connectivity index (χ4v) is 6.24. The highest BCUT2D eigenvalue weighted by Crippen LogP contribution is 2.27. The summed E-state index contributed by atoms with van der Waals surface area (Å²) < 4.78 is 11.6. The van der Waals surface area contributed by atoms with E-state index in [1.165, 1.54) is 18.5 Å². The second-order valence-electron chi connectivity index (χ2n) is 13.8. The maximum absolute atomic E-state index is 14.3. The van der Waals surface area contributed by atoms with E-state index < -0.39 is 11.7 Å². The molecule has 2 fully saturated rings. The standard InChI is InChI=1S/C35H55N7O4/c1-7-25(2)30(45-20-15-37-34(44)46-35(4,5)6)23-32(43)42(24-27-11-10-12-29(22-27)40-16-8-9-17-40)28-13-18-41(19-14-28)31-21-26(3)38-33(36)39-31/h10-12,21-22,25,28,30H,7-9,13-20,23-24H2,1-6H3,(H,37,44)(H2,36,38,39). The number of nitrogens with one attached hydrogen (secondary N) is 1. The van der Waals surface area contributed by atoms with Crippen molar-refractivity contribution in [2.45, 2.75) is 104 Å². The Labute approximate surface area is 275 Å². The van der Waals surface area contributed by atoms with Gasteiger partial charge in [-0.15, -0.1) is 0 Å². The van der Waals surface area contributed by atoms with Crippen molar-refractivity contribution in [2.75, 3.05) is 54.9 Å². The topological polar surface area (TPSA) is 126 Å². The minimum atomic E-state index is -0.564. The zero-order chi connectivity index (χ0) is 33.3. The minimum Gasteiger partial charge on any atom is -0.444 e. The van der Waals surface area contributed by atoms with Crippen LogP contribution in [0.3, 0.4) is 0 Å². The first-order valence-electron chi connectivity index (χ1n) is 17.0. The van der Waals surface area contributed by atoms with Gasteiger partial charge in [-0.25, -0.2) is 9.78 Å². The molecule has 46 heavy (non-hydrogen) atoms. The van der Waals surface area contributed by atoms with Gasteiger partial charge in [-0.05, 0) is 77.0 Å². The lowest BCUT2D eigenvalue weighted by Gasteiger charge is -2.40. The number of carbonyl (C=O) groups is 2. The summed E-state index contributed by atoms with van der Waals surface area (Å²) in [7, 11) is 0. The normalized spacial score (nSPS) is 17.1.